The molecule has 0 aromatic carbocycles. The van der Waals surface area contributed by atoms with Crippen molar-refractivity contribution in [2.24, 2.45) is 10.2 Å². The number of aromatic nitrogens is 2. The van der Waals surface area contributed by atoms with Crippen LogP contribution in [0.4, 0.5) is 11.5 Å². The fourth-order valence-electron chi connectivity index (χ4n) is 1.81. The molecule has 0 unspecified atom stereocenters. The molecule has 1 aromatic heterocycles. The Morgan fingerprint density at radius 2 is 2.05 bits per heavy atom. The van der Waals surface area contributed by atoms with Crippen molar-refractivity contribution >= 4 is 23.1 Å². The Morgan fingerprint density at radius 1 is 1.35 bits per heavy atom. The highest BCUT2D eigenvalue weighted by atomic mass is 35.5. The van der Waals surface area contributed by atoms with E-state index in [-0.39, 0.29) is 6.04 Å². The Hall–Kier alpha value is -1.49. The SMILES string of the molecule is C=CCNc1cc(Cl)nnc1N=NC(CCC)CCC. The largest absolute Gasteiger partial charge is 0.378 e. The van der Waals surface area contributed by atoms with E-state index in [0.29, 0.717) is 17.5 Å². The molecular weight excluding hydrogens is 274 g/mol. The van der Waals surface area contributed by atoms with Crippen LogP contribution in [0.3, 0.4) is 0 Å². The first-order valence-corrected chi connectivity index (χ1v) is 7.37. The highest BCUT2D eigenvalue weighted by Crippen LogP contribution is 2.25. The van der Waals surface area contributed by atoms with Crippen LogP contribution in [-0.4, -0.2) is 22.8 Å². The lowest BCUT2D eigenvalue weighted by Gasteiger charge is -2.09. The van der Waals surface area contributed by atoms with E-state index >= 15 is 0 Å². The molecular formula is C14H22ClN5. The first-order chi connectivity index (χ1) is 9.71. The van der Waals surface area contributed by atoms with Crippen molar-refractivity contribution in [3.8, 4) is 0 Å². The van der Waals surface area contributed by atoms with E-state index in [9.17, 15) is 0 Å². The molecule has 0 saturated carbocycles. The Kier molecular flexibility index (Phi) is 7.80. The van der Waals surface area contributed by atoms with Crippen molar-refractivity contribution < 1.29 is 0 Å². The molecule has 0 fully saturated rings. The van der Waals surface area contributed by atoms with Gasteiger partial charge in [0.2, 0.25) is 5.82 Å². The summed E-state index contributed by atoms with van der Waals surface area (Å²) in [6.45, 7) is 8.57. The minimum absolute atomic E-state index is 0.245. The monoisotopic (exact) mass is 295 g/mol. The fourth-order valence-corrected chi connectivity index (χ4v) is 1.96. The number of nitrogens with one attached hydrogen (secondary N) is 1. The summed E-state index contributed by atoms with van der Waals surface area (Å²) < 4.78 is 0. The molecule has 1 aromatic rings. The zero-order chi connectivity index (χ0) is 14.8. The number of nitrogens with zero attached hydrogens (tertiary/aromatic N) is 4. The van der Waals surface area contributed by atoms with Gasteiger partial charge in [0.15, 0.2) is 5.15 Å². The third kappa shape index (κ3) is 5.65. The molecule has 0 aliphatic heterocycles. The predicted octanol–water partition coefficient (Wildman–Crippen LogP) is 4.78. The molecule has 0 aliphatic rings. The van der Waals surface area contributed by atoms with Gasteiger partial charge in [-0.25, -0.2) is 0 Å². The summed E-state index contributed by atoms with van der Waals surface area (Å²) in [6, 6.07) is 1.94. The molecule has 110 valence electrons. The van der Waals surface area contributed by atoms with E-state index in [4.69, 9.17) is 11.6 Å². The Bertz CT molecular complexity index is 441. The van der Waals surface area contributed by atoms with E-state index in [2.05, 4.69) is 46.2 Å². The van der Waals surface area contributed by atoms with Crippen LogP contribution in [0.5, 0.6) is 0 Å². The second-order valence-corrected chi connectivity index (χ2v) is 4.91. The van der Waals surface area contributed by atoms with Gasteiger partial charge in [-0.1, -0.05) is 44.4 Å². The molecule has 5 nitrogen and oxygen atoms in total. The van der Waals surface area contributed by atoms with E-state index in [1.807, 2.05) is 0 Å². The number of hydrogen-bond acceptors (Lipinski definition) is 5. The van der Waals surface area contributed by atoms with E-state index in [1.165, 1.54) is 0 Å². The minimum Gasteiger partial charge on any atom is -0.378 e. The normalized spacial score (nSPS) is 11.2. The molecule has 0 amide bonds. The summed E-state index contributed by atoms with van der Waals surface area (Å²) in [4.78, 5) is 0. The predicted molar refractivity (Wildman–Crippen MR) is 83.8 cm³/mol. The van der Waals surface area contributed by atoms with Crippen molar-refractivity contribution in [1.29, 1.82) is 0 Å². The second-order valence-electron chi connectivity index (χ2n) is 4.52. The molecule has 0 radical (unpaired) electrons. The van der Waals surface area contributed by atoms with Crippen molar-refractivity contribution in [2.75, 3.05) is 11.9 Å². The Balaban J connectivity index is 2.85. The van der Waals surface area contributed by atoms with Crippen LogP contribution >= 0.6 is 11.6 Å². The van der Waals surface area contributed by atoms with Gasteiger partial charge in [0, 0.05) is 12.6 Å². The van der Waals surface area contributed by atoms with Gasteiger partial charge >= 0.3 is 0 Å². The second kappa shape index (κ2) is 9.42. The van der Waals surface area contributed by atoms with Gasteiger partial charge in [-0.05, 0) is 12.8 Å². The molecule has 0 spiro atoms. The highest BCUT2D eigenvalue weighted by molar-refractivity contribution is 6.29. The number of hydrogen-bond donors (Lipinski definition) is 1. The zero-order valence-electron chi connectivity index (χ0n) is 12.1. The minimum atomic E-state index is 0.245. The summed E-state index contributed by atoms with van der Waals surface area (Å²) in [5.74, 6) is 0.466. The molecule has 20 heavy (non-hydrogen) atoms. The third-order valence-electron chi connectivity index (χ3n) is 2.74. The van der Waals surface area contributed by atoms with Crippen LogP contribution in [0.25, 0.3) is 0 Å². The van der Waals surface area contributed by atoms with E-state index < -0.39 is 0 Å². The Labute approximate surface area is 125 Å². The molecule has 0 saturated heterocycles. The lowest BCUT2D eigenvalue weighted by Crippen LogP contribution is -2.03. The smallest absolute Gasteiger partial charge is 0.219 e. The van der Waals surface area contributed by atoms with Gasteiger partial charge < -0.3 is 5.32 Å². The lowest BCUT2D eigenvalue weighted by molar-refractivity contribution is 0.536. The quantitative estimate of drug-likeness (QED) is 0.527. The maximum Gasteiger partial charge on any atom is 0.219 e. The molecule has 6 heteroatoms. The summed E-state index contributed by atoms with van der Waals surface area (Å²) >= 11 is 5.85. The van der Waals surface area contributed by atoms with Crippen LogP contribution in [-0.2, 0) is 0 Å². The maximum absolute atomic E-state index is 5.85. The summed E-state index contributed by atoms with van der Waals surface area (Å²) in [5, 5.41) is 19.9. The van der Waals surface area contributed by atoms with Gasteiger partial charge in [0.25, 0.3) is 0 Å². The molecule has 0 bridgehead atoms. The van der Waals surface area contributed by atoms with Gasteiger partial charge in [-0.3, -0.25) is 0 Å². The van der Waals surface area contributed by atoms with E-state index in [0.717, 1.165) is 31.4 Å². The van der Waals surface area contributed by atoms with Crippen LogP contribution in [0.15, 0.2) is 28.9 Å². The van der Waals surface area contributed by atoms with Crippen molar-refractivity contribution in [3.63, 3.8) is 0 Å². The summed E-state index contributed by atoms with van der Waals surface area (Å²) in [6.07, 6.45) is 6.02. The van der Waals surface area contributed by atoms with Gasteiger partial charge in [-0.2, -0.15) is 5.11 Å². The summed E-state index contributed by atoms with van der Waals surface area (Å²) in [7, 11) is 0. The van der Waals surface area contributed by atoms with Crippen LogP contribution in [0.1, 0.15) is 39.5 Å². The van der Waals surface area contributed by atoms with Gasteiger partial charge in [0.05, 0.1) is 11.7 Å². The lowest BCUT2D eigenvalue weighted by atomic mass is 10.1. The zero-order valence-corrected chi connectivity index (χ0v) is 12.9. The molecule has 1 rings (SSSR count). The summed E-state index contributed by atoms with van der Waals surface area (Å²) in [5.41, 5.74) is 0.723. The molecule has 0 aliphatic carbocycles. The average molecular weight is 296 g/mol. The average Bonchev–Trinajstić information content (AvgIpc) is 2.44. The van der Waals surface area contributed by atoms with Crippen LogP contribution < -0.4 is 5.32 Å². The Morgan fingerprint density at radius 3 is 2.65 bits per heavy atom. The first-order valence-electron chi connectivity index (χ1n) is 7.00. The molecule has 1 heterocycles. The van der Waals surface area contributed by atoms with E-state index in [1.54, 1.807) is 12.1 Å². The number of anilines is 1. The van der Waals surface area contributed by atoms with Crippen molar-refractivity contribution in [3.05, 3.63) is 23.9 Å². The van der Waals surface area contributed by atoms with Gasteiger partial charge in [-0.15, -0.1) is 21.9 Å². The molecule has 1 N–H and O–H groups in total. The number of rotatable bonds is 9. The van der Waals surface area contributed by atoms with Crippen LogP contribution in [0.2, 0.25) is 5.15 Å². The maximum atomic E-state index is 5.85. The fraction of sp³-hybridized carbons (Fsp3) is 0.571. The standard InChI is InChI=1S/C14H22ClN5/c1-4-7-11(8-5-2)17-19-14-12(16-9-6-3)10-13(15)18-20-14/h6,10-11H,3-5,7-9H2,1-2H3,(H,16,18). The highest BCUT2D eigenvalue weighted by Gasteiger charge is 2.08. The van der Waals surface area contributed by atoms with Crippen molar-refractivity contribution in [1.82, 2.24) is 10.2 Å². The first kappa shape index (κ1) is 16.6. The van der Waals surface area contributed by atoms with Crippen molar-refractivity contribution in [2.45, 2.75) is 45.6 Å². The topological polar surface area (TPSA) is 62.5 Å². The number of azo groups is 1. The number of halogens is 1. The van der Waals surface area contributed by atoms with Crippen LogP contribution in [0, 0.1) is 0 Å². The third-order valence-corrected chi connectivity index (χ3v) is 2.93. The molecule has 0 atom stereocenters. The van der Waals surface area contributed by atoms with Gasteiger partial charge in [0.1, 0.15) is 0 Å².